The zero-order valence-electron chi connectivity index (χ0n) is 12.0. The van der Waals surface area contributed by atoms with Crippen LogP contribution in [-0.2, 0) is 13.1 Å². The molecule has 1 heterocycles. The largest absolute Gasteiger partial charge is 0.310 e. The van der Waals surface area contributed by atoms with Crippen molar-refractivity contribution < 1.29 is 4.39 Å². The SMILES string of the molecule is CC(CNCc1cccs1)N(C)Cc1cccc(F)c1. The van der Waals surface area contributed by atoms with Gasteiger partial charge < -0.3 is 5.32 Å². The average molecular weight is 292 g/mol. The van der Waals surface area contributed by atoms with Crippen molar-refractivity contribution in [1.29, 1.82) is 0 Å². The number of nitrogens with zero attached hydrogens (tertiary/aromatic N) is 1. The van der Waals surface area contributed by atoms with Gasteiger partial charge in [0.05, 0.1) is 0 Å². The molecular weight excluding hydrogens is 271 g/mol. The van der Waals surface area contributed by atoms with Crippen molar-refractivity contribution >= 4 is 11.3 Å². The fourth-order valence-corrected chi connectivity index (χ4v) is 2.73. The van der Waals surface area contributed by atoms with E-state index >= 15 is 0 Å². The highest BCUT2D eigenvalue weighted by Gasteiger charge is 2.09. The van der Waals surface area contributed by atoms with E-state index in [1.807, 2.05) is 6.07 Å². The molecule has 2 rings (SSSR count). The number of hydrogen-bond acceptors (Lipinski definition) is 3. The lowest BCUT2D eigenvalue weighted by atomic mass is 10.2. The Hall–Kier alpha value is -1.23. The second-order valence-corrected chi connectivity index (χ2v) is 6.14. The molecule has 0 aliphatic carbocycles. The molecule has 0 saturated carbocycles. The highest BCUT2D eigenvalue weighted by Crippen LogP contribution is 2.09. The highest BCUT2D eigenvalue weighted by molar-refractivity contribution is 7.09. The van der Waals surface area contributed by atoms with Crippen LogP contribution >= 0.6 is 11.3 Å². The summed E-state index contributed by atoms with van der Waals surface area (Å²) in [4.78, 5) is 3.58. The molecule has 4 heteroatoms. The van der Waals surface area contributed by atoms with Crippen LogP contribution in [0.25, 0.3) is 0 Å². The third kappa shape index (κ3) is 4.71. The second-order valence-electron chi connectivity index (χ2n) is 5.10. The minimum absolute atomic E-state index is 0.167. The highest BCUT2D eigenvalue weighted by atomic mass is 32.1. The van der Waals surface area contributed by atoms with E-state index in [2.05, 4.69) is 41.7 Å². The fraction of sp³-hybridized carbons (Fsp3) is 0.375. The zero-order chi connectivity index (χ0) is 14.4. The molecule has 0 aliphatic rings. The maximum atomic E-state index is 13.1. The van der Waals surface area contributed by atoms with Gasteiger partial charge >= 0.3 is 0 Å². The summed E-state index contributed by atoms with van der Waals surface area (Å²) in [5.41, 5.74) is 1.01. The number of benzene rings is 1. The molecule has 0 saturated heterocycles. The van der Waals surface area contributed by atoms with Gasteiger partial charge in [0.2, 0.25) is 0 Å². The molecule has 0 aliphatic heterocycles. The van der Waals surface area contributed by atoms with Gasteiger partial charge in [0.25, 0.3) is 0 Å². The van der Waals surface area contributed by atoms with E-state index in [-0.39, 0.29) is 5.82 Å². The van der Waals surface area contributed by atoms with Crippen molar-refractivity contribution in [3.8, 4) is 0 Å². The van der Waals surface area contributed by atoms with Crippen LogP contribution in [0.5, 0.6) is 0 Å². The van der Waals surface area contributed by atoms with Gasteiger partial charge in [-0.3, -0.25) is 4.90 Å². The Kier molecular flexibility index (Phi) is 5.71. The van der Waals surface area contributed by atoms with Gasteiger partial charge in [-0.2, -0.15) is 0 Å². The summed E-state index contributed by atoms with van der Waals surface area (Å²) in [5.74, 6) is -0.167. The fourth-order valence-electron chi connectivity index (χ4n) is 2.05. The van der Waals surface area contributed by atoms with Crippen LogP contribution in [-0.4, -0.2) is 24.5 Å². The third-order valence-corrected chi connectivity index (χ3v) is 4.27. The molecule has 108 valence electrons. The monoisotopic (exact) mass is 292 g/mol. The van der Waals surface area contributed by atoms with E-state index < -0.39 is 0 Å². The smallest absolute Gasteiger partial charge is 0.123 e. The van der Waals surface area contributed by atoms with Gasteiger partial charge in [-0.05, 0) is 43.1 Å². The van der Waals surface area contributed by atoms with Gasteiger partial charge in [-0.1, -0.05) is 18.2 Å². The Labute approximate surface area is 124 Å². The number of rotatable bonds is 7. The summed E-state index contributed by atoms with van der Waals surface area (Å²) in [6.45, 7) is 4.78. The summed E-state index contributed by atoms with van der Waals surface area (Å²) < 4.78 is 13.1. The predicted molar refractivity (Wildman–Crippen MR) is 83.4 cm³/mol. The molecule has 1 atom stereocenters. The van der Waals surface area contributed by atoms with Crippen LogP contribution in [0.4, 0.5) is 4.39 Å². The van der Waals surface area contributed by atoms with Crippen molar-refractivity contribution in [2.75, 3.05) is 13.6 Å². The topological polar surface area (TPSA) is 15.3 Å². The lowest BCUT2D eigenvalue weighted by Crippen LogP contribution is -2.37. The number of halogens is 1. The lowest BCUT2D eigenvalue weighted by molar-refractivity contribution is 0.242. The predicted octanol–water partition coefficient (Wildman–Crippen LogP) is 3.50. The number of hydrogen-bond donors (Lipinski definition) is 1. The number of thiophene rings is 1. The van der Waals surface area contributed by atoms with E-state index in [1.54, 1.807) is 23.5 Å². The van der Waals surface area contributed by atoms with Gasteiger partial charge in [0.1, 0.15) is 5.82 Å². The van der Waals surface area contributed by atoms with E-state index in [0.717, 1.165) is 25.2 Å². The number of nitrogens with one attached hydrogen (secondary N) is 1. The standard InChI is InChI=1S/C16H21FN2S/c1-13(10-18-11-16-7-4-8-20-16)19(2)12-14-5-3-6-15(17)9-14/h3-9,13,18H,10-12H2,1-2H3. The first-order valence-corrected chi connectivity index (χ1v) is 7.71. The minimum atomic E-state index is -0.167. The van der Waals surface area contributed by atoms with Crippen molar-refractivity contribution in [3.05, 3.63) is 58.0 Å². The maximum Gasteiger partial charge on any atom is 0.123 e. The molecule has 0 fully saturated rings. The molecule has 0 radical (unpaired) electrons. The third-order valence-electron chi connectivity index (χ3n) is 3.39. The minimum Gasteiger partial charge on any atom is -0.310 e. The molecule has 0 bridgehead atoms. The van der Waals surface area contributed by atoms with E-state index in [0.29, 0.717) is 6.04 Å². The van der Waals surface area contributed by atoms with Crippen molar-refractivity contribution in [3.63, 3.8) is 0 Å². The first-order valence-electron chi connectivity index (χ1n) is 6.83. The Morgan fingerprint density at radius 1 is 1.30 bits per heavy atom. The second kappa shape index (κ2) is 7.53. The van der Waals surface area contributed by atoms with E-state index in [4.69, 9.17) is 0 Å². The van der Waals surface area contributed by atoms with E-state index in [9.17, 15) is 4.39 Å². The molecule has 2 aromatic rings. The quantitative estimate of drug-likeness (QED) is 0.840. The average Bonchev–Trinajstić information content (AvgIpc) is 2.91. The zero-order valence-corrected chi connectivity index (χ0v) is 12.8. The van der Waals surface area contributed by atoms with Crippen LogP contribution in [0.1, 0.15) is 17.4 Å². The Bertz CT molecular complexity index is 513. The maximum absolute atomic E-state index is 13.1. The van der Waals surface area contributed by atoms with Gasteiger partial charge in [0.15, 0.2) is 0 Å². The molecule has 1 aromatic heterocycles. The summed E-state index contributed by atoms with van der Waals surface area (Å²) in [5, 5.41) is 5.55. The summed E-state index contributed by atoms with van der Waals surface area (Å²) in [7, 11) is 2.07. The molecule has 2 nitrogen and oxygen atoms in total. The first kappa shape index (κ1) is 15.2. The van der Waals surface area contributed by atoms with Crippen molar-refractivity contribution in [2.45, 2.75) is 26.1 Å². The molecular formula is C16H21FN2S. The Morgan fingerprint density at radius 3 is 2.85 bits per heavy atom. The van der Waals surface area contributed by atoms with Crippen LogP contribution in [0.3, 0.4) is 0 Å². The first-order chi connectivity index (χ1) is 9.65. The molecule has 1 aromatic carbocycles. The molecule has 0 spiro atoms. The Balaban J connectivity index is 1.75. The van der Waals surface area contributed by atoms with Crippen LogP contribution in [0.15, 0.2) is 41.8 Å². The van der Waals surface area contributed by atoms with Crippen molar-refractivity contribution in [1.82, 2.24) is 10.2 Å². The Morgan fingerprint density at radius 2 is 2.15 bits per heavy atom. The molecule has 0 amide bonds. The summed E-state index contributed by atoms with van der Waals surface area (Å²) in [6.07, 6.45) is 0. The van der Waals surface area contributed by atoms with Gasteiger partial charge in [0, 0.05) is 30.6 Å². The summed E-state index contributed by atoms with van der Waals surface area (Å²) in [6, 6.07) is 11.4. The molecule has 20 heavy (non-hydrogen) atoms. The summed E-state index contributed by atoms with van der Waals surface area (Å²) >= 11 is 1.77. The molecule has 1 unspecified atom stereocenters. The van der Waals surface area contributed by atoms with Gasteiger partial charge in [-0.25, -0.2) is 4.39 Å². The van der Waals surface area contributed by atoms with Crippen molar-refractivity contribution in [2.24, 2.45) is 0 Å². The van der Waals surface area contributed by atoms with Crippen LogP contribution < -0.4 is 5.32 Å². The van der Waals surface area contributed by atoms with Gasteiger partial charge in [-0.15, -0.1) is 11.3 Å². The number of likely N-dealkylation sites (N-methyl/N-ethyl adjacent to an activating group) is 1. The lowest BCUT2D eigenvalue weighted by Gasteiger charge is -2.25. The normalized spacial score (nSPS) is 12.8. The van der Waals surface area contributed by atoms with E-state index in [1.165, 1.54) is 10.9 Å². The van der Waals surface area contributed by atoms with Crippen LogP contribution in [0.2, 0.25) is 0 Å². The molecule has 1 N–H and O–H groups in total. The van der Waals surface area contributed by atoms with Crippen LogP contribution in [0, 0.1) is 5.82 Å².